The number of nitrogens with zero attached hydrogens (tertiary/aromatic N) is 1. The van der Waals surface area contributed by atoms with Crippen molar-refractivity contribution >= 4 is 45.8 Å². The van der Waals surface area contributed by atoms with Gasteiger partial charge in [0.1, 0.15) is 5.82 Å². The summed E-state index contributed by atoms with van der Waals surface area (Å²) in [6, 6.07) is 18.5. The van der Waals surface area contributed by atoms with Gasteiger partial charge >= 0.3 is 0 Å². The molecule has 6 nitrogen and oxygen atoms in total. The van der Waals surface area contributed by atoms with E-state index in [-0.39, 0.29) is 17.7 Å². The first kappa shape index (κ1) is 24.1. The second kappa shape index (κ2) is 10.5. The van der Waals surface area contributed by atoms with Crippen LogP contribution < -0.4 is 10.6 Å². The summed E-state index contributed by atoms with van der Waals surface area (Å²) in [5.74, 6) is 0.722. The molecule has 0 saturated heterocycles. The van der Waals surface area contributed by atoms with Crippen LogP contribution in [-0.2, 0) is 4.79 Å². The molecular weight excluding hydrogens is 472 g/mol. The van der Waals surface area contributed by atoms with E-state index in [1.54, 1.807) is 12.1 Å². The number of carbonyl (C=O) groups excluding carboxylic acids is 2. The van der Waals surface area contributed by atoms with Crippen LogP contribution in [0.15, 0.2) is 60.7 Å². The predicted octanol–water partition coefficient (Wildman–Crippen LogP) is 7.35. The lowest BCUT2D eigenvalue weighted by Crippen LogP contribution is -2.22. The number of H-pyrrole nitrogens is 1. The molecule has 1 fully saturated rings. The summed E-state index contributed by atoms with van der Waals surface area (Å²) in [7, 11) is 0. The lowest BCUT2D eigenvalue weighted by molar-refractivity contribution is -0.120. The number of carbonyl (C=O) groups is 2. The smallest absolute Gasteiger partial charge is 0.255 e. The number of imidazole rings is 1. The Bertz CT molecular complexity index is 1380. The normalized spacial score (nSPS) is 14.4. The minimum atomic E-state index is -0.212. The first-order chi connectivity index (χ1) is 17.4. The van der Waals surface area contributed by atoms with Crippen molar-refractivity contribution in [3.63, 3.8) is 0 Å². The van der Waals surface area contributed by atoms with E-state index in [0.717, 1.165) is 59.4 Å². The largest absolute Gasteiger partial charge is 0.338 e. The molecule has 0 aliphatic heterocycles. The highest BCUT2D eigenvalue weighted by atomic mass is 35.5. The maximum absolute atomic E-state index is 12.7. The van der Waals surface area contributed by atoms with Gasteiger partial charge in [-0.15, -0.1) is 0 Å². The standard InChI is InChI=1S/C29H29ClN4O2/c1-18-14-21(16-22(30)15-18)29(36)31-23-10-8-19(9-11-23)27-33-25-13-12-24(17-26(25)34-27)32-28(35)20-6-4-2-3-5-7-20/h8-17,20H,2-7H2,1H3,(H,31,36)(H,32,35)(H,33,34). The van der Waals surface area contributed by atoms with Crippen molar-refractivity contribution in [1.82, 2.24) is 9.97 Å². The fourth-order valence-corrected chi connectivity index (χ4v) is 5.08. The summed E-state index contributed by atoms with van der Waals surface area (Å²) in [5.41, 5.74) is 5.49. The third-order valence-electron chi connectivity index (χ3n) is 6.70. The Morgan fingerprint density at radius 1 is 0.889 bits per heavy atom. The first-order valence-electron chi connectivity index (χ1n) is 12.4. The van der Waals surface area contributed by atoms with Crippen LogP contribution in [0.3, 0.4) is 0 Å². The molecule has 1 saturated carbocycles. The maximum Gasteiger partial charge on any atom is 0.255 e. The molecular formula is C29H29ClN4O2. The number of amides is 2. The van der Waals surface area contributed by atoms with Crippen molar-refractivity contribution in [2.24, 2.45) is 5.92 Å². The van der Waals surface area contributed by atoms with E-state index in [2.05, 4.69) is 15.6 Å². The molecule has 1 aliphatic carbocycles. The van der Waals surface area contributed by atoms with Gasteiger partial charge in [-0.1, -0.05) is 37.3 Å². The van der Waals surface area contributed by atoms with E-state index in [1.165, 1.54) is 12.8 Å². The van der Waals surface area contributed by atoms with Crippen molar-refractivity contribution in [3.8, 4) is 11.4 Å². The van der Waals surface area contributed by atoms with E-state index in [9.17, 15) is 9.59 Å². The fraction of sp³-hybridized carbons (Fsp3) is 0.276. The van der Waals surface area contributed by atoms with E-state index < -0.39 is 0 Å². The monoisotopic (exact) mass is 500 g/mol. The van der Waals surface area contributed by atoms with Gasteiger partial charge in [0.2, 0.25) is 5.91 Å². The molecule has 7 heteroatoms. The number of hydrogen-bond acceptors (Lipinski definition) is 3. The summed E-state index contributed by atoms with van der Waals surface area (Å²) in [5, 5.41) is 6.53. The zero-order chi connectivity index (χ0) is 25.1. The number of aromatic nitrogens is 2. The molecule has 36 heavy (non-hydrogen) atoms. The van der Waals surface area contributed by atoms with Gasteiger partial charge in [0, 0.05) is 33.4 Å². The summed E-state index contributed by atoms with van der Waals surface area (Å²) < 4.78 is 0. The number of nitrogens with one attached hydrogen (secondary N) is 3. The van der Waals surface area contributed by atoms with Crippen LogP contribution in [0.4, 0.5) is 11.4 Å². The third-order valence-corrected chi connectivity index (χ3v) is 6.91. The molecule has 0 spiro atoms. The Morgan fingerprint density at radius 3 is 2.33 bits per heavy atom. The van der Waals surface area contributed by atoms with E-state index >= 15 is 0 Å². The Balaban J connectivity index is 1.27. The first-order valence-corrected chi connectivity index (χ1v) is 12.8. The van der Waals surface area contributed by atoms with Crippen LogP contribution in [-0.4, -0.2) is 21.8 Å². The Morgan fingerprint density at radius 2 is 1.61 bits per heavy atom. The third kappa shape index (κ3) is 5.60. The number of aryl methyl sites for hydroxylation is 1. The number of halogens is 1. The van der Waals surface area contributed by atoms with Crippen LogP contribution in [0.25, 0.3) is 22.4 Å². The van der Waals surface area contributed by atoms with Crippen molar-refractivity contribution in [2.45, 2.75) is 45.4 Å². The highest BCUT2D eigenvalue weighted by molar-refractivity contribution is 6.31. The van der Waals surface area contributed by atoms with Crippen molar-refractivity contribution in [2.75, 3.05) is 10.6 Å². The van der Waals surface area contributed by atoms with E-state index in [0.29, 0.717) is 16.3 Å². The zero-order valence-electron chi connectivity index (χ0n) is 20.2. The molecule has 0 radical (unpaired) electrons. The molecule has 4 aromatic rings. The van der Waals surface area contributed by atoms with Gasteiger partial charge in [-0.2, -0.15) is 0 Å². The molecule has 0 atom stereocenters. The number of aromatic amines is 1. The number of rotatable bonds is 5. The van der Waals surface area contributed by atoms with E-state index in [4.69, 9.17) is 16.6 Å². The average Bonchev–Trinajstić information content (AvgIpc) is 3.08. The van der Waals surface area contributed by atoms with Crippen LogP contribution in [0.2, 0.25) is 5.02 Å². The van der Waals surface area contributed by atoms with Crippen LogP contribution >= 0.6 is 11.6 Å². The quantitative estimate of drug-likeness (QED) is 0.250. The van der Waals surface area contributed by atoms with Crippen molar-refractivity contribution < 1.29 is 9.59 Å². The molecule has 0 unspecified atom stereocenters. The maximum atomic E-state index is 12.7. The van der Waals surface area contributed by atoms with Gasteiger partial charge in [0.25, 0.3) is 5.91 Å². The summed E-state index contributed by atoms with van der Waals surface area (Å²) in [6.45, 7) is 1.90. The molecule has 2 amide bonds. The van der Waals surface area contributed by atoms with Gasteiger partial charge in [0.15, 0.2) is 0 Å². The Labute approximate surface area is 215 Å². The molecule has 5 rings (SSSR count). The number of fused-ring (bicyclic) bond motifs is 1. The van der Waals surface area contributed by atoms with Gasteiger partial charge in [-0.05, 0) is 86.0 Å². The molecule has 1 heterocycles. The highest BCUT2D eigenvalue weighted by Gasteiger charge is 2.20. The van der Waals surface area contributed by atoms with Crippen LogP contribution in [0.5, 0.6) is 0 Å². The highest BCUT2D eigenvalue weighted by Crippen LogP contribution is 2.27. The van der Waals surface area contributed by atoms with Crippen molar-refractivity contribution in [3.05, 3.63) is 76.8 Å². The summed E-state index contributed by atoms with van der Waals surface area (Å²) >= 11 is 6.08. The lowest BCUT2D eigenvalue weighted by atomic mass is 9.99. The van der Waals surface area contributed by atoms with Gasteiger partial charge in [-0.25, -0.2) is 4.98 Å². The molecule has 3 aromatic carbocycles. The molecule has 1 aromatic heterocycles. The van der Waals surface area contributed by atoms with Crippen molar-refractivity contribution in [1.29, 1.82) is 0 Å². The fourth-order valence-electron chi connectivity index (χ4n) is 4.79. The van der Waals surface area contributed by atoms with Gasteiger partial charge in [-0.3, -0.25) is 9.59 Å². The second-order valence-electron chi connectivity index (χ2n) is 9.54. The molecule has 0 bridgehead atoms. The number of benzene rings is 3. The number of anilines is 2. The van der Waals surface area contributed by atoms with E-state index in [1.807, 2.05) is 55.5 Å². The number of hydrogen-bond donors (Lipinski definition) is 3. The summed E-state index contributed by atoms with van der Waals surface area (Å²) in [4.78, 5) is 33.4. The SMILES string of the molecule is Cc1cc(Cl)cc(C(=O)Nc2ccc(-c3nc4ccc(NC(=O)C5CCCCCC5)cc4[nH]3)cc2)c1. The van der Waals surface area contributed by atoms with Crippen LogP contribution in [0, 0.1) is 12.8 Å². The predicted molar refractivity (Wildman–Crippen MR) is 145 cm³/mol. The zero-order valence-corrected chi connectivity index (χ0v) is 21.0. The Kier molecular flexibility index (Phi) is 7.05. The minimum Gasteiger partial charge on any atom is -0.338 e. The average molecular weight is 501 g/mol. The lowest BCUT2D eigenvalue weighted by Gasteiger charge is -2.14. The molecule has 3 N–H and O–H groups in total. The van der Waals surface area contributed by atoms with Gasteiger partial charge < -0.3 is 15.6 Å². The van der Waals surface area contributed by atoms with Crippen LogP contribution in [0.1, 0.15) is 54.4 Å². The second-order valence-corrected chi connectivity index (χ2v) is 9.98. The summed E-state index contributed by atoms with van der Waals surface area (Å²) in [6.07, 6.45) is 6.64. The van der Waals surface area contributed by atoms with Gasteiger partial charge in [0.05, 0.1) is 11.0 Å². The molecule has 1 aliphatic rings. The Hall–Kier alpha value is -3.64. The topological polar surface area (TPSA) is 86.9 Å². The minimum absolute atomic E-state index is 0.0995. The molecule has 184 valence electrons.